The smallest absolute Gasteiger partial charge is 0.276 e. The minimum atomic E-state index is -0.391. The van der Waals surface area contributed by atoms with Gasteiger partial charge in [-0.25, -0.2) is 4.98 Å². The normalized spacial score (nSPS) is 11.2. The van der Waals surface area contributed by atoms with Crippen molar-refractivity contribution < 1.29 is 9.59 Å². The predicted octanol–water partition coefficient (Wildman–Crippen LogP) is 3.24. The Morgan fingerprint density at radius 3 is 2.33 bits per heavy atom. The monoisotopic (exact) mass is 326 g/mol. The Bertz CT molecular complexity index is 807. The van der Waals surface area contributed by atoms with Crippen molar-refractivity contribution in [3.63, 3.8) is 0 Å². The average Bonchev–Trinajstić information content (AvgIpc) is 2.48. The van der Waals surface area contributed by atoms with Gasteiger partial charge < -0.3 is 5.32 Å². The van der Waals surface area contributed by atoms with Crippen LogP contribution in [0, 0.1) is 13.8 Å². The molecule has 0 radical (unpaired) electrons. The Labute approximate surface area is 141 Å². The number of rotatable bonds is 3. The van der Waals surface area contributed by atoms with E-state index in [4.69, 9.17) is 0 Å². The number of carbonyl (C=O) groups is 2. The van der Waals surface area contributed by atoms with E-state index in [0.717, 1.165) is 11.4 Å². The number of nitrogens with one attached hydrogen (secondary N) is 1. The van der Waals surface area contributed by atoms with Gasteiger partial charge in [-0.2, -0.15) is 0 Å². The highest BCUT2D eigenvalue weighted by Gasteiger charge is 2.23. The second-order valence-corrected chi connectivity index (χ2v) is 6.77. The maximum Gasteiger partial charge on any atom is 0.276 e. The summed E-state index contributed by atoms with van der Waals surface area (Å²) in [5.74, 6) is -0.558. The third kappa shape index (κ3) is 3.64. The fourth-order valence-electron chi connectivity index (χ4n) is 2.49. The highest BCUT2D eigenvalue weighted by molar-refractivity contribution is 6.08. The van der Waals surface area contributed by atoms with Gasteiger partial charge in [0.05, 0.1) is 28.3 Å². The molecular formula is C18H22N4O2. The third-order valence-corrected chi connectivity index (χ3v) is 3.62. The van der Waals surface area contributed by atoms with E-state index >= 15 is 0 Å². The Morgan fingerprint density at radius 2 is 1.75 bits per heavy atom. The fourth-order valence-corrected chi connectivity index (χ4v) is 2.49. The molecule has 0 aliphatic heterocycles. The van der Waals surface area contributed by atoms with Crippen LogP contribution in [0.25, 0.3) is 0 Å². The lowest BCUT2D eigenvalue weighted by atomic mass is 9.90. The number of nitrogens with zero attached hydrogens (tertiary/aromatic N) is 3. The Hall–Kier alpha value is -2.63. The topological polar surface area (TPSA) is 84.8 Å². The maximum absolute atomic E-state index is 12.6. The minimum absolute atomic E-state index is 0.149. The molecule has 0 saturated heterocycles. The van der Waals surface area contributed by atoms with E-state index in [0.29, 0.717) is 16.9 Å². The molecule has 24 heavy (non-hydrogen) atoms. The summed E-state index contributed by atoms with van der Waals surface area (Å²) in [6.45, 7) is 11.2. The largest absolute Gasteiger partial charge is 0.320 e. The van der Waals surface area contributed by atoms with Crippen LogP contribution < -0.4 is 5.32 Å². The summed E-state index contributed by atoms with van der Waals surface area (Å²) in [4.78, 5) is 37.1. The second-order valence-electron chi connectivity index (χ2n) is 6.77. The number of hydrogen-bond donors (Lipinski definition) is 1. The first-order valence-electron chi connectivity index (χ1n) is 7.73. The minimum Gasteiger partial charge on any atom is -0.320 e. The molecule has 0 aromatic carbocycles. The number of Topliss-reactive ketones (excluding diaryl/α,β-unsaturated/α-hetero) is 1. The average molecular weight is 326 g/mol. The van der Waals surface area contributed by atoms with Crippen LogP contribution in [-0.4, -0.2) is 26.6 Å². The lowest BCUT2D eigenvalue weighted by molar-refractivity contribution is 0.101. The zero-order chi connectivity index (χ0) is 18.1. The quantitative estimate of drug-likeness (QED) is 0.875. The number of aromatic nitrogens is 3. The van der Waals surface area contributed by atoms with Crippen molar-refractivity contribution in [3.05, 3.63) is 46.8 Å². The molecule has 0 saturated carbocycles. The van der Waals surface area contributed by atoms with Crippen molar-refractivity contribution >= 4 is 17.4 Å². The lowest BCUT2D eigenvalue weighted by Gasteiger charge is -2.21. The molecule has 2 heterocycles. The molecule has 0 fully saturated rings. The van der Waals surface area contributed by atoms with Crippen molar-refractivity contribution in [1.29, 1.82) is 0 Å². The highest BCUT2D eigenvalue weighted by Crippen LogP contribution is 2.24. The van der Waals surface area contributed by atoms with Crippen LogP contribution in [0.15, 0.2) is 18.5 Å². The van der Waals surface area contributed by atoms with Crippen LogP contribution in [0.3, 0.4) is 0 Å². The van der Waals surface area contributed by atoms with Crippen LogP contribution in [0.2, 0.25) is 0 Å². The van der Waals surface area contributed by atoms with Gasteiger partial charge in [-0.05, 0) is 26.8 Å². The van der Waals surface area contributed by atoms with Crippen LogP contribution in [0.4, 0.5) is 5.69 Å². The van der Waals surface area contributed by atoms with Crippen LogP contribution >= 0.6 is 0 Å². The predicted molar refractivity (Wildman–Crippen MR) is 92.4 cm³/mol. The van der Waals surface area contributed by atoms with E-state index in [1.54, 1.807) is 13.0 Å². The summed E-state index contributed by atoms with van der Waals surface area (Å²) in [6.07, 6.45) is 2.96. The summed E-state index contributed by atoms with van der Waals surface area (Å²) in [6, 6.07) is 1.59. The molecule has 6 nitrogen and oxygen atoms in total. The third-order valence-electron chi connectivity index (χ3n) is 3.62. The van der Waals surface area contributed by atoms with Gasteiger partial charge in [-0.1, -0.05) is 20.8 Å². The first-order chi connectivity index (χ1) is 11.1. The van der Waals surface area contributed by atoms with Crippen molar-refractivity contribution in [2.45, 2.75) is 47.0 Å². The van der Waals surface area contributed by atoms with Gasteiger partial charge in [-0.15, -0.1) is 0 Å². The van der Waals surface area contributed by atoms with Crippen LogP contribution in [0.1, 0.15) is 65.6 Å². The molecule has 1 amide bonds. The number of ketones is 1. The molecule has 126 valence electrons. The molecule has 2 aromatic rings. The van der Waals surface area contributed by atoms with Gasteiger partial charge in [0, 0.05) is 17.8 Å². The number of aryl methyl sites for hydroxylation is 2. The van der Waals surface area contributed by atoms with Crippen LogP contribution in [-0.2, 0) is 5.41 Å². The molecular weight excluding hydrogens is 304 g/mol. The number of anilines is 1. The van der Waals surface area contributed by atoms with Crippen molar-refractivity contribution in [1.82, 2.24) is 15.0 Å². The number of carbonyl (C=O) groups excluding carboxylic acids is 2. The molecule has 2 rings (SSSR count). The summed E-state index contributed by atoms with van der Waals surface area (Å²) < 4.78 is 0. The van der Waals surface area contributed by atoms with Gasteiger partial charge in [0.15, 0.2) is 5.78 Å². The summed E-state index contributed by atoms with van der Waals surface area (Å²) in [5, 5.41) is 2.73. The Kier molecular flexibility index (Phi) is 4.78. The van der Waals surface area contributed by atoms with Crippen molar-refractivity contribution in [2.24, 2.45) is 0 Å². The highest BCUT2D eigenvalue weighted by atomic mass is 16.2. The van der Waals surface area contributed by atoms with Crippen molar-refractivity contribution in [3.8, 4) is 0 Å². The lowest BCUT2D eigenvalue weighted by Crippen LogP contribution is -2.23. The number of pyridine rings is 1. The molecule has 0 aliphatic rings. The van der Waals surface area contributed by atoms with Crippen molar-refractivity contribution in [2.75, 3.05) is 5.32 Å². The molecule has 0 bridgehead atoms. The molecule has 0 aliphatic carbocycles. The molecule has 6 heteroatoms. The van der Waals surface area contributed by atoms with Gasteiger partial charge in [0.2, 0.25) is 0 Å². The summed E-state index contributed by atoms with van der Waals surface area (Å²) in [7, 11) is 0. The Balaban J connectivity index is 2.38. The van der Waals surface area contributed by atoms with Gasteiger partial charge in [0.1, 0.15) is 5.69 Å². The maximum atomic E-state index is 12.6. The fraction of sp³-hybridized carbons (Fsp3) is 0.389. The van der Waals surface area contributed by atoms with E-state index in [2.05, 4.69) is 41.0 Å². The number of amides is 1. The number of hydrogen-bond acceptors (Lipinski definition) is 5. The van der Waals surface area contributed by atoms with E-state index in [1.165, 1.54) is 19.3 Å². The van der Waals surface area contributed by atoms with E-state index in [9.17, 15) is 9.59 Å². The van der Waals surface area contributed by atoms with Gasteiger partial charge >= 0.3 is 0 Å². The first kappa shape index (κ1) is 17.7. The molecule has 2 aromatic heterocycles. The molecule has 1 N–H and O–H groups in total. The van der Waals surface area contributed by atoms with E-state index in [1.807, 2.05) is 6.92 Å². The molecule has 0 spiro atoms. The summed E-state index contributed by atoms with van der Waals surface area (Å²) >= 11 is 0. The van der Waals surface area contributed by atoms with E-state index < -0.39 is 5.91 Å². The van der Waals surface area contributed by atoms with Crippen LogP contribution in [0.5, 0.6) is 0 Å². The Morgan fingerprint density at radius 1 is 1.08 bits per heavy atom. The molecule has 0 atom stereocenters. The zero-order valence-electron chi connectivity index (χ0n) is 14.9. The second kappa shape index (κ2) is 6.47. The van der Waals surface area contributed by atoms with E-state index in [-0.39, 0.29) is 16.9 Å². The SMILES string of the molecule is CC(=O)c1cnccc1NC(=O)c1nc(C)c(C(C)(C)C)nc1C. The van der Waals surface area contributed by atoms with Gasteiger partial charge in [0.25, 0.3) is 5.91 Å². The van der Waals surface area contributed by atoms with Gasteiger partial charge in [-0.3, -0.25) is 19.6 Å². The summed E-state index contributed by atoms with van der Waals surface area (Å²) in [5.41, 5.74) is 3.03. The zero-order valence-corrected chi connectivity index (χ0v) is 14.9. The first-order valence-corrected chi connectivity index (χ1v) is 7.73. The molecule has 0 unspecified atom stereocenters. The standard InChI is InChI=1S/C18H22N4O2/c1-10-15(20-11(2)16(21-10)18(4,5)6)17(24)22-14-7-8-19-9-13(14)12(3)23/h7-9H,1-6H3,(H,19,22,24).